The third kappa shape index (κ3) is 3.06. The standard InChI is InChI=1S/C20H23NO/c1-2-3-4-5-9-15-11-8-13-18-20(15)17-12-7-6-10-16(17)14-19(22)21-18/h6-8,10-13H,2-5,9,14H2,1H3,(H,21,22). The number of aryl methyl sites for hydroxylation is 1. The molecule has 2 nitrogen and oxygen atoms in total. The quantitative estimate of drug-likeness (QED) is 0.775. The van der Waals surface area contributed by atoms with Gasteiger partial charge in [0.1, 0.15) is 0 Å². The molecule has 0 aliphatic carbocycles. The van der Waals surface area contributed by atoms with Crippen molar-refractivity contribution in [2.75, 3.05) is 5.32 Å². The first-order chi connectivity index (χ1) is 10.8. The van der Waals surface area contributed by atoms with E-state index in [2.05, 4.69) is 42.6 Å². The van der Waals surface area contributed by atoms with E-state index in [-0.39, 0.29) is 5.91 Å². The number of hydrogen-bond acceptors (Lipinski definition) is 1. The van der Waals surface area contributed by atoms with Gasteiger partial charge in [-0.15, -0.1) is 0 Å². The van der Waals surface area contributed by atoms with E-state index < -0.39 is 0 Å². The zero-order valence-corrected chi connectivity index (χ0v) is 13.2. The normalized spacial score (nSPS) is 13.0. The van der Waals surface area contributed by atoms with Crippen LogP contribution in [0.1, 0.15) is 43.7 Å². The highest BCUT2D eigenvalue weighted by molar-refractivity contribution is 6.01. The first kappa shape index (κ1) is 14.8. The van der Waals surface area contributed by atoms with Crippen LogP contribution in [0.5, 0.6) is 0 Å². The minimum Gasteiger partial charge on any atom is -0.325 e. The summed E-state index contributed by atoms with van der Waals surface area (Å²) in [5.74, 6) is 0.0781. The van der Waals surface area contributed by atoms with Gasteiger partial charge in [-0.05, 0) is 35.6 Å². The number of unbranched alkanes of at least 4 members (excludes halogenated alkanes) is 3. The number of fused-ring (bicyclic) bond motifs is 3. The lowest BCUT2D eigenvalue weighted by Gasteiger charge is -2.14. The summed E-state index contributed by atoms with van der Waals surface area (Å²) in [5.41, 5.74) is 5.87. The van der Waals surface area contributed by atoms with Crippen LogP contribution in [0, 0.1) is 0 Å². The van der Waals surface area contributed by atoms with Crippen LogP contribution in [-0.4, -0.2) is 5.91 Å². The van der Waals surface area contributed by atoms with Crippen LogP contribution in [0.15, 0.2) is 42.5 Å². The zero-order chi connectivity index (χ0) is 15.4. The van der Waals surface area contributed by atoms with Crippen molar-refractivity contribution in [3.63, 3.8) is 0 Å². The van der Waals surface area contributed by atoms with Crippen molar-refractivity contribution in [1.29, 1.82) is 0 Å². The number of anilines is 1. The second kappa shape index (κ2) is 6.78. The first-order valence-electron chi connectivity index (χ1n) is 8.29. The molecule has 0 saturated heterocycles. The summed E-state index contributed by atoms with van der Waals surface area (Å²) in [7, 11) is 0. The van der Waals surface area contributed by atoms with Crippen molar-refractivity contribution in [1.82, 2.24) is 0 Å². The van der Waals surface area contributed by atoms with E-state index >= 15 is 0 Å². The summed E-state index contributed by atoms with van der Waals surface area (Å²) < 4.78 is 0. The fourth-order valence-electron chi connectivity index (χ4n) is 3.26. The lowest BCUT2D eigenvalue weighted by molar-refractivity contribution is -0.115. The van der Waals surface area contributed by atoms with Gasteiger partial charge < -0.3 is 5.32 Å². The highest BCUT2D eigenvalue weighted by Crippen LogP contribution is 2.37. The van der Waals surface area contributed by atoms with Crippen LogP contribution in [0.25, 0.3) is 11.1 Å². The van der Waals surface area contributed by atoms with Gasteiger partial charge in [0.25, 0.3) is 0 Å². The summed E-state index contributed by atoms with van der Waals surface area (Å²) >= 11 is 0. The molecule has 0 atom stereocenters. The van der Waals surface area contributed by atoms with Gasteiger partial charge in [0.05, 0.1) is 6.42 Å². The molecule has 3 rings (SSSR count). The first-order valence-corrected chi connectivity index (χ1v) is 8.29. The minimum atomic E-state index is 0.0781. The number of hydrogen-bond donors (Lipinski definition) is 1. The highest BCUT2D eigenvalue weighted by atomic mass is 16.1. The van der Waals surface area contributed by atoms with E-state index in [0.29, 0.717) is 6.42 Å². The number of amides is 1. The van der Waals surface area contributed by atoms with E-state index in [1.807, 2.05) is 12.1 Å². The SMILES string of the molecule is CCCCCCc1cccc2c1-c1ccccc1CC(=O)N2. The van der Waals surface area contributed by atoms with Gasteiger partial charge in [-0.2, -0.15) is 0 Å². The molecule has 0 aromatic heterocycles. The molecule has 2 heteroatoms. The Morgan fingerprint density at radius 2 is 1.86 bits per heavy atom. The van der Waals surface area contributed by atoms with E-state index in [4.69, 9.17) is 0 Å². The van der Waals surface area contributed by atoms with Gasteiger partial charge in [-0.3, -0.25) is 4.79 Å². The molecule has 0 radical (unpaired) electrons. The van der Waals surface area contributed by atoms with Crippen LogP contribution in [0.2, 0.25) is 0 Å². The third-order valence-corrected chi connectivity index (χ3v) is 4.36. The van der Waals surface area contributed by atoms with E-state index in [9.17, 15) is 4.79 Å². The van der Waals surface area contributed by atoms with E-state index in [1.165, 1.54) is 42.4 Å². The van der Waals surface area contributed by atoms with Crippen LogP contribution in [0.4, 0.5) is 5.69 Å². The molecule has 0 saturated carbocycles. The fraction of sp³-hybridized carbons (Fsp3) is 0.350. The number of nitrogens with one attached hydrogen (secondary N) is 1. The Balaban J connectivity index is 2.00. The van der Waals surface area contributed by atoms with Gasteiger partial charge in [0.2, 0.25) is 5.91 Å². The Bertz CT molecular complexity index is 675. The summed E-state index contributed by atoms with van der Waals surface area (Å²) in [6.45, 7) is 2.24. The Labute approximate surface area is 132 Å². The Hall–Kier alpha value is -2.09. The second-order valence-corrected chi connectivity index (χ2v) is 6.03. The molecular weight excluding hydrogens is 270 g/mol. The lowest BCUT2D eigenvalue weighted by atomic mass is 9.91. The van der Waals surface area contributed by atoms with Crippen molar-refractivity contribution < 1.29 is 4.79 Å². The fourth-order valence-corrected chi connectivity index (χ4v) is 3.26. The Morgan fingerprint density at radius 1 is 1.00 bits per heavy atom. The second-order valence-electron chi connectivity index (χ2n) is 6.03. The van der Waals surface area contributed by atoms with Crippen LogP contribution in [0.3, 0.4) is 0 Å². The van der Waals surface area contributed by atoms with Crippen LogP contribution in [-0.2, 0) is 17.6 Å². The number of rotatable bonds is 5. The molecule has 1 heterocycles. The van der Waals surface area contributed by atoms with Gasteiger partial charge in [0.15, 0.2) is 0 Å². The Kier molecular flexibility index (Phi) is 4.57. The molecule has 0 unspecified atom stereocenters. The average Bonchev–Trinajstić information content (AvgIpc) is 2.67. The van der Waals surface area contributed by atoms with Crippen molar-refractivity contribution in [2.24, 2.45) is 0 Å². The third-order valence-electron chi connectivity index (χ3n) is 4.36. The maximum Gasteiger partial charge on any atom is 0.228 e. The predicted octanol–water partition coefficient (Wildman–Crippen LogP) is 4.97. The van der Waals surface area contributed by atoms with Crippen molar-refractivity contribution >= 4 is 11.6 Å². The largest absolute Gasteiger partial charge is 0.325 e. The smallest absolute Gasteiger partial charge is 0.228 e. The summed E-state index contributed by atoms with van der Waals surface area (Å²) in [4.78, 5) is 12.1. The molecule has 2 aromatic carbocycles. The maximum absolute atomic E-state index is 12.1. The van der Waals surface area contributed by atoms with Crippen molar-refractivity contribution in [3.05, 3.63) is 53.6 Å². The van der Waals surface area contributed by atoms with Gasteiger partial charge in [-0.1, -0.05) is 62.6 Å². The summed E-state index contributed by atoms with van der Waals surface area (Å²) in [5, 5.41) is 3.07. The van der Waals surface area contributed by atoms with Crippen molar-refractivity contribution in [3.8, 4) is 11.1 Å². The van der Waals surface area contributed by atoms with Gasteiger partial charge in [-0.25, -0.2) is 0 Å². The molecule has 1 amide bonds. The molecule has 0 bridgehead atoms. The molecule has 1 aliphatic rings. The summed E-state index contributed by atoms with van der Waals surface area (Å²) in [6, 6.07) is 14.6. The van der Waals surface area contributed by atoms with E-state index in [0.717, 1.165) is 17.7 Å². The van der Waals surface area contributed by atoms with Gasteiger partial charge in [0, 0.05) is 11.3 Å². The lowest BCUT2D eigenvalue weighted by Crippen LogP contribution is -2.12. The molecule has 0 fully saturated rings. The number of carbonyl (C=O) groups is 1. The molecule has 0 spiro atoms. The minimum absolute atomic E-state index is 0.0781. The Morgan fingerprint density at radius 3 is 2.73 bits per heavy atom. The molecular formula is C20H23NO. The molecule has 2 aromatic rings. The predicted molar refractivity (Wildman–Crippen MR) is 92.1 cm³/mol. The number of carbonyl (C=O) groups excluding carboxylic acids is 1. The summed E-state index contributed by atoms with van der Waals surface area (Å²) in [6.07, 6.45) is 6.57. The topological polar surface area (TPSA) is 29.1 Å². The van der Waals surface area contributed by atoms with Gasteiger partial charge >= 0.3 is 0 Å². The van der Waals surface area contributed by atoms with Crippen LogP contribution < -0.4 is 5.32 Å². The maximum atomic E-state index is 12.1. The van der Waals surface area contributed by atoms with E-state index in [1.54, 1.807) is 0 Å². The molecule has 1 aliphatic heterocycles. The monoisotopic (exact) mass is 293 g/mol. The van der Waals surface area contributed by atoms with Crippen LogP contribution >= 0.6 is 0 Å². The average molecular weight is 293 g/mol. The highest BCUT2D eigenvalue weighted by Gasteiger charge is 2.20. The number of benzene rings is 2. The molecule has 22 heavy (non-hydrogen) atoms. The zero-order valence-electron chi connectivity index (χ0n) is 13.2. The molecule has 114 valence electrons. The molecule has 1 N–H and O–H groups in total. The van der Waals surface area contributed by atoms with Crippen molar-refractivity contribution in [2.45, 2.75) is 45.4 Å².